The third-order valence-corrected chi connectivity index (χ3v) is 4.84. The molecule has 1 aliphatic heterocycles. The second-order valence-electron chi connectivity index (χ2n) is 5.19. The zero-order valence-corrected chi connectivity index (χ0v) is 13.1. The molecule has 1 aromatic heterocycles. The van der Waals surface area contributed by atoms with Crippen molar-refractivity contribution in [2.75, 3.05) is 0 Å². The van der Waals surface area contributed by atoms with Gasteiger partial charge >= 0.3 is 0 Å². The molecule has 22 heavy (non-hydrogen) atoms. The Bertz CT molecular complexity index is 714. The lowest BCUT2D eigenvalue weighted by Gasteiger charge is -2.10. The molecule has 0 bridgehead atoms. The number of aryl methyl sites for hydroxylation is 2. The van der Waals surface area contributed by atoms with Crippen molar-refractivity contribution < 1.29 is 14.0 Å². The number of hydrogen-bond donors (Lipinski definition) is 2. The van der Waals surface area contributed by atoms with Gasteiger partial charge in [-0.15, -0.1) is 11.8 Å². The number of furan rings is 1. The van der Waals surface area contributed by atoms with Crippen molar-refractivity contribution in [3.8, 4) is 0 Å². The molecule has 0 aliphatic carbocycles. The van der Waals surface area contributed by atoms with Gasteiger partial charge in [-0.2, -0.15) is 0 Å². The number of amides is 2. The van der Waals surface area contributed by atoms with E-state index in [1.54, 1.807) is 19.9 Å². The van der Waals surface area contributed by atoms with E-state index >= 15 is 0 Å². The van der Waals surface area contributed by atoms with Gasteiger partial charge in [-0.25, -0.2) is 0 Å². The van der Waals surface area contributed by atoms with Gasteiger partial charge < -0.3 is 4.42 Å². The van der Waals surface area contributed by atoms with Crippen molar-refractivity contribution in [2.45, 2.75) is 30.4 Å². The van der Waals surface area contributed by atoms with E-state index in [9.17, 15) is 9.59 Å². The zero-order valence-electron chi connectivity index (χ0n) is 12.3. The summed E-state index contributed by atoms with van der Waals surface area (Å²) in [6, 6.07) is 9.59. The molecular formula is C16H16N2O3S. The molecule has 6 heteroatoms. The van der Waals surface area contributed by atoms with E-state index in [2.05, 4.69) is 10.9 Å². The summed E-state index contributed by atoms with van der Waals surface area (Å²) in [7, 11) is 0. The Balaban J connectivity index is 1.58. The molecule has 2 N–H and O–H groups in total. The number of rotatable bonds is 2. The minimum atomic E-state index is -0.372. The first-order chi connectivity index (χ1) is 10.5. The molecule has 2 heterocycles. The van der Waals surface area contributed by atoms with E-state index < -0.39 is 0 Å². The predicted molar refractivity (Wildman–Crippen MR) is 83.6 cm³/mol. The van der Waals surface area contributed by atoms with Crippen LogP contribution in [0, 0.1) is 13.8 Å². The number of nitrogens with one attached hydrogen (secondary N) is 2. The van der Waals surface area contributed by atoms with E-state index in [1.807, 2.05) is 24.3 Å². The normalized spacial score (nSPS) is 16.2. The molecule has 0 saturated carbocycles. The van der Waals surface area contributed by atoms with Gasteiger partial charge in [-0.3, -0.25) is 20.4 Å². The van der Waals surface area contributed by atoms with Gasteiger partial charge in [0.15, 0.2) is 0 Å². The van der Waals surface area contributed by atoms with Crippen LogP contribution in [0.25, 0.3) is 0 Å². The lowest BCUT2D eigenvalue weighted by Crippen LogP contribution is -2.45. The fraction of sp³-hybridized carbons (Fsp3) is 0.250. The first kappa shape index (κ1) is 14.7. The summed E-state index contributed by atoms with van der Waals surface area (Å²) in [5.74, 6) is 0.623. The number of thioether (sulfide) groups is 1. The minimum absolute atomic E-state index is 0.201. The van der Waals surface area contributed by atoms with Crippen LogP contribution in [0.15, 0.2) is 39.6 Å². The molecule has 1 aliphatic rings. The largest absolute Gasteiger partial charge is 0.466 e. The van der Waals surface area contributed by atoms with E-state index in [4.69, 9.17) is 4.42 Å². The highest BCUT2D eigenvalue weighted by atomic mass is 32.2. The van der Waals surface area contributed by atoms with Crippen LogP contribution in [-0.2, 0) is 11.2 Å². The predicted octanol–water partition coefficient (Wildman–Crippen LogP) is 2.37. The number of carbonyl (C=O) groups is 2. The topological polar surface area (TPSA) is 71.3 Å². The molecular weight excluding hydrogens is 300 g/mol. The van der Waals surface area contributed by atoms with Gasteiger partial charge in [-0.1, -0.05) is 18.2 Å². The Kier molecular flexibility index (Phi) is 3.94. The second kappa shape index (κ2) is 5.88. The summed E-state index contributed by atoms with van der Waals surface area (Å²) >= 11 is 1.52. The maximum atomic E-state index is 12.2. The number of hydrazine groups is 1. The summed E-state index contributed by atoms with van der Waals surface area (Å²) in [6.45, 7) is 3.49. The summed E-state index contributed by atoms with van der Waals surface area (Å²) < 4.78 is 5.31. The molecule has 1 aromatic carbocycles. The van der Waals surface area contributed by atoms with Crippen molar-refractivity contribution >= 4 is 23.6 Å². The average molecular weight is 316 g/mol. The number of hydrogen-bond acceptors (Lipinski definition) is 4. The Labute approximate surface area is 132 Å². The summed E-state index contributed by atoms with van der Waals surface area (Å²) in [5.41, 5.74) is 6.54. The van der Waals surface area contributed by atoms with E-state index in [-0.39, 0.29) is 17.1 Å². The molecule has 1 atom stereocenters. The molecule has 2 aromatic rings. The van der Waals surface area contributed by atoms with Crippen LogP contribution in [0.5, 0.6) is 0 Å². The van der Waals surface area contributed by atoms with Crippen LogP contribution in [0.4, 0.5) is 0 Å². The van der Waals surface area contributed by atoms with E-state index in [0.29, 0.717) is 23.5 Å². The number of carbonyl (C=O) groups excluding carboxylic acids is 2. The second-order valence-corrected chi connectivity index (χ2v) is 6.43. The fourth-order valence-electron chi connectivity index (χ4n) is 2.45. The monoisotopic (exact) mass is 316 g/mol. The quantitative estimate of drug-likeness (QED) is 0.835. The molecule has 3 rings (SSSR count). The van der Waals surface area contributed by atoms with Gasteiger partial charge in [0.1, 0.15) is 11.5 Å². The standard InChI is InChI=1S/C16H16N2O3S/c1-9-7-12(10(2)21-9)15(19)17-18-16(20)14-8-11-5-3-4-6-13(11)22-14/h3-7,14H,8H2,1-2H3,(H,17,19)(H,18,20). The average Bonchev–Trinajstić information content (AvgIpc) is 3.07. The summed E-state index contributed by atoms with van der Waals surface area (Å²) in [4.78, 5) is 25.3. The third kappa shape index (κ3) is 2.87. The van der Waals surface area contributed by atoms with Crippen molar-refractivity contribution in [3.63, 3.8) is 0 Å². The lowest BCUT2D eigenvalue weighted by molar-refractivity contribution is -0.121. The van der Waals surface area contributed by atoms with Crippen LogP contribution in [-0.4, -0.2) is 17.1 Å². The minimum Gasteiger partial charge on any atom is -0.466 e. The number of fused-ring (bicyclic) bond motifs is 1. The van der Waals surface area contributed by atoms with Gasteiger partial charge in [0.05, 0.1) is 10.8 Å². The van der Waals surface area contributed by atoms with Crippen molar-refractivity contribution in [3.05, 3.63) is 53.0 Å². The lowest BCUT2D eigenvalue weighted by atomic mass is 10.1. The van der Waals surface area contributed by atoms with E-state index in [1.165, 1.54) is 17.3 Å². The van der Waals surface area contributed by atoms with Crippen LogP contribution in [0.2, 0.25) is 0 Å². The van der Waals surface area contributed by atoms with Crippen molar-refractivity contribution in [1.29, 1.82) is 0 Å². The van der Waals surface area contributed by atoms with Crippen molar-refractivity contribution in [2.24, 2.45) is 0 Å². The Morgan fingerprint density at radius 2 is 2.00 bits per heavy atom. The maximum absolute atomic E-state index is 12.2. The third-order valence-electron chi connectivity index (χ3n) is 3.52. The highest BCUT2D eigenvalue weighted by Crippen LogP contribution is 2.36. The summed E-state index contributed by atoms with van der Waals surface area (Å²) in [5, 5.41) is -0.218. The SMILES string of the molecule is Cc1cc(C(=O)NNC(=O)C2Cc3ccccc3S2)c(C)o1. The van der Waals surface area contributed by atoms with Crippen LogP contribution in [0.1, 0.15) is 27.4 Å². The molecule has 5 nitrogen and oxygen atoms in total. The maximum Gasteiger partial charge on any atom is 0.273 e. The van der Waals surface area contributed by atoms with Crippen molar-refractivity contribution in [1.82, 2.24) is 10.9 Å². The first-order valence-corrected chi connectivity index (χ1v) is 7.84. The molecule has 1 unspecified atom stereocenters. The molecule has 0 radical (unpaired) electrons. The highest BCUT2D eigenvalue weighted by molar-refractivity contribution is 8.01. The van der Waals surface area contributed by atoms with Crippen LogP contribution in [0.3, 0.4) is 0 Å². The van der Waals surface area contributed by atoms with Gasteiger partial charge in [0.25, 0.3) is 11.8 Å². The van der Waals surface area contributed by atoms with Crippen LogP contribution < -0.4 is 10.9 Å². The number of benzene rings is 1. The summed E-state index contributed by atoms with van der Waals surface area (Å²) in [6.07, 6.45) is 0.673. The zero-order chi connectivity index (χ0) is 15.7. The molecule has 114 valence electrons. The van der Waals surface area contributed by atoms with Gasteiger partial charge in [-0.05, 0) is 38.0 Å². The van der Waals surface area contributed by atoms with E-state index in [0.717, 1.165) is 4.90 Å². The molecule has 0 spiro atoms. The fourth-order valence-corrected chi connectivity index (χ4v) is 3.65. The van der Waals surface area contributed by atoms with Gasteiger partial charge in [0.2, 0.25) is 0 Å². The smallest absolute Gasteiger partial charge is 0.273 e. The molecule has 0 fully saturated rings. The van der Waals surface area contributed by atoms with Gasteiger partial charge in [0, 0.05) is 4.90 Å². The first-order valence-electron chi connectivity index (χ1n) is 6.96. The highest BCUT2D eigenvalue weighted by Gasteiger charge is 2.28. The molecule has 2 amide bonds. The Morgan fingerprint density at radius 3 is 2.68 bits per heavy atom. The van der Waals surface area contributed by atoms with Crippen LogP contribution >= 0.6 is 11.8 Å². The Hall–Kier alpha value is -2.21. The Morgan fingerprint density at radius 1 is 1.23 bits per heavy atom. The molecule has 0 saturated heterocycles.